The van der Waals surface area contributed by atoms with Crippen molar-refractivity contribution in [2.75, 3.05) is 33.9 Å². The summed E-state index contributed by atoms with van der Waals surface area (Å²) < 4.78 is 10.9. The topological polar surface area (TPSA) is 220 Å². The van der Waals surface area contributed by atoms with Crippen LogP contribution >= 0.6 is 0 Å². The van der Waals surface area contributed by atoms with Gasteiger partial charge in [0.1, 0.15) is 24.6 Å². The summed E-state index contributed by atoms with van der Waals surface area (Å²) >= 11 is 0. The number of hydrogen-bond acceptors (Lipinski definition) is 13. The summed E-state index contributed by atoms with van der Waals surface area (Å²) in [5, 5.41) is 20.5. The van der Waals surface area contributed by atoms with E-state index in [0.29, 0.717) is 25.1 Å². The average Bonchev–Trinajstić information content (AvgIpc) is 3.37. The molecular weight excluding hydrogens is 719 g/mol. The number of aliphatic hydroxyl groups excluding tert-OH is 1. The van der Waals surface area contributed by atoms with Crippen LogP contribution in [0.3, 0.4) is 0 Å². The van der Waals surface area contributed by atoms with Crippen LogP contribution < -0.4 is 41.0 Å². The van der Waals surface area contributed by atoms with Gasteiger partial charge in [-0.2, -0.15) is 0 Å². The van der Waals surface area contributed by atoms with Gasteiger partial charge in [0.15, 0.2) is 17.3 Å². The number of piperazine rings is 1. The molecule has 1 unspecified atom stereocenters. The SMILES string of the molecule is CCC.CO[C@@]12[C@H](COC(N)=O)C3=C(C(=O)C(C)=C(N)C3=O)N1C[C@H]1[C@@H]2N1C.C[C@]12C=CC(=O)C=C1CC[C@@H]1[C@@H]2C(=O)C[C@@]2(C)[C@H]1CC[C@]2(O)C(=O)CO.[H-].[Na+]. The zero-order valence-corrected chi connectivity index (χ0v) is 35.3. The summed E-state index contributed by atoms with van der Waals surface area (Å²) in [5.74, 6) is -1.91. The fraction of sp³-hybridized carbons (Fsp3) is 0.650. The number of ether oxygens (including phenoxy) is 2. The van der Waals surface area contributed by atoms with E-state index in [1.807, 2.05) is 31.9 Å². The monoisotopic (exact) mass is 774 g/mol. The Balaban J connectivity index is 0.000000225. The minimum atomic E-state index is -1.62. The van der Waals surface area contributed by atoms with Crippen LogP contribution in [0.4, 0.5) is 4.79 Å². The molecule has 0 radical (unpaired) electrons. The molecule has 14 nitrogen and oxygen atoms in total. The van der Waals surface area contributed by atoms with Gasteiger partial charge in [0.2, 0.25) is 11.6 Å². The number of ketones is 5. The first-order chi connectivity index (χ1) is 25.4. The molecule has 55 heavy (non-hydrogen) atoms. The standard InChI is InChI=1S/C21H26O5.C16H20N4O5.C3H8.Na.H/c1-19-7-5-13(23)9-12(19)3-4-14-15-6-8-21(26,17(25)11-22)20(15,2)10-16(24)18(14)19;1-6-10(17)13(22)9-7(5-25-15(18)23)16(24-3)14-8(19(14)2)4-20(16)11(9)12(6)21;1-3-2;;/h5,7,9,14-15,18,22,26H,3-4,6,8,10-11H2,1-2H3;7-8,14H,4-5,17H2,1-3H3,(H2,18,23);3H2,1-2H3;;/q;;;+1;-1/t14-,15-,18+,19-,20-,21-;7-,8+,14+,16-,19?;;;/m01.../s1. The Morgan fingerprint density at radius 1 is 1.11 bits per heavy atom. The molecule has 0 bridgehead atoms. The summed E-state index contributed by atoms with van der Waals surface area (Å²) in [6.07, 6.45) is 8.13. The number of carbonyl (C=O) groups is 6. The number of nitrogens with two attached hydrogens (primary N) is 2. The Morgan fingerprint density at radius 3 is 2.36 bits per heavy atom. The maximum atomic E-state index is 13.3. The van der Waals surface area contributed by atoms with Crippen LogP contribution in [0.5, 0.6) is 0 Å². The van der Waals surface area contributed by atoms with Crippen LogP contribution in [0, 0.1) is 34.5 Å². The number of rotatable bonds is 5. The van der Waals surface area contributed by atoms with E-state index in [-0.39, 0.29) is 108 Å². The largest absolute Gasteiger partial charge is 1.00 e. The summed E-state index contributed by atoms with van der Waals surface area (Å²) in [4.78, 5) is 78.2. The Labute approximate surface area is 345 Å². The smallest absolute Gasteiger partial charge is 1.00 e. The minimum Gasteiger partial charge on any atom is -1.00 e. The quantitative estimate of drug-likeness (QED) is 0.150. The molecule has 296 valence electrons. The van der Waals surface area contributed by atoms with Gasteiger partial charge in [0.05, 0.1) is 23.4 Å². The summed E-state index contributed by atoms with van der Waals surface area (Å²) in [7, 11) is 3.49. The number of fused-ring (bicyclic) bond motifs is 9. The van der Waals surface area contributed by atoms with Gasteiger partial charge in [-0.05, 0) is 63.6 Å². The first kappa shape index (κ1) is 43.1. The normalized spacial score (nSPS) is 40.2. The van der Waals surface area contributed by atoms with Gasteiger partial charge in [-0.3, -0.25) is 28.9 Å². The van der Waals surface area contributed by atoms with Gasteiger partial charge < -0.3 is 37.5 Å². The van der Waals surface area contributed by atoms with Crippen molar-refractivity contribution in [3.63, 3.8) is 0 Å². The number of Topliss-reactive ketones (excluding diaryl/α,β-unsaturated/α-hetero) is 4. The van der Waals surface area contributed by atoms with Gasteiger partial charge in [-0.25, -0.2) is 4.79 Å². The molecule has 3 saturated carbocycles. The number of primary amides is 1. The molecule has 5 aliphatic carbocycles. The minimum absolute atomic E-state index is 0. The number of nitrogens with zero attached hydrogens (tertiary/aromatic N) is 2. The van der Waals surface area contributed by atoms with Gasteiger partial charge in [0, 0.05) is 54.0 Å². The molecule has 8 rings (SSSR count). The van der Waals surface area contributed by atoms with Crippen molar-refractivity contribution in [1.82, 2.24) is 9.80 Å². The van der Waals surface area contributed by atoms with E-state index < -0.39 is 52.3 Å². The van der Waals surface area contributed by atoms with Crippen LogP contribution in [0.25, 0.3) is 0 Å². The van der Waals surface area contributed by atoms with E-state index in [1.54, 1.807) is 19.1 Å². The molecule has 2 saturated heterocycles. The van der Waals surface area contributed by atoms with E-state index in [1.165, 1.54) is 13.5 Å². The van der Waals surface area contributed by atoms with Crippen LogP contribution in [-0.2, 0) is 33.4 Å². The van der Waals surface area contributed by atoms with Crippen molar-refractivity contribution in [1.29, 1.82) is 0 Å². The molecule has 8 aliphatic rings. The number of methoxy groups -OCH3 is 1. The number of allylic oxidation sites excluding steroid dienone is 6. The number of carbonyl (C=O) groups excluding carboxylic acids is 6. The van der Waals surface area contributed by atoms with Gasteiger partial charge in [0.25, 0.3) is 0 Å². The number of aliphatic hydroxyl groups is 2. The van der Waals surface area contributed by atoms with Crippen molar-refractivity contribution in [3.05, 3.63) is 46.3 Å². The molecule has 0 spiro atoms. The second-order valence-corrected chi connectivity index (χ2v) is 16.6. The third kappa shape index (κ3) is 6.08. The summed E-state index contributed by atoms with van der Waals surface area (Å²) in [6.45, 7) is 9.40. The second-order valence-electron chi connectivity index (χ2n) is 16.6. The zero-order valence-electron chi connectivity index (χ0n) is 34.3. The fourth-order valence-corrected chi connectivity index (χ4v) is 11.4. The molecule has 3 heterocycles. The van der Waals surface area contributed by atoms with Crippen molar-refractivity contribution in [2.24, 2.45) is 46.0 Å². The predicted octanol–water partition coefficient (Wildman–Crippen LogP) is -1.01. The third-order valence-electron chi connectivity index (χ3n) is 14.0. The molecule has 3 aliphatic heterocycles. The molecule has 1 amide bonds. The first-order valence-electron chi connectivity index (χ1n) is 19.0. The van der Waals surface area contributed by atoms with Gasteiger partial charge in [-0.1, -0.05) is 45.8 Å². The molecule has 11 atom stereocenters. The summed E-state index contributed by atoms with van der Waals surface area (Å²) in [6, 6.07) is 0.211. The van der Waals surface area contributed by atoms with E-state index in [0.717, 1.165) is 18.4 Å². The molecule has 15 heteroatoms. The molecule has 0 aromatic rings. The maximum Gasteiger partial charge on any atom is 1.00 e. The van der Waals surface area contributed by atoms with Crippen LogP contribution in [0.1, 0.15) is 74.6 Å². The summed E-state index contributed by atoms with van der Waals surface area (Å²) in [5.41, 5.74) is 8.91. The molecule has 6 N–H and O–H groups in total. The number of amides is 1. The molecular formula is C40H55N4NaO10. The maximum absolute atomic E-state index is 13.3. The molecule has 5 fully saturated rings. The average molecular weight is 775 g/mol. The zero-order chi connectivity index (χ0) is 39.9. The Bertz CT molecular complexity index is 1850. The van der Waals surface area contributed by atoms with Gasteiger partial charge in [-0.15, -0.1) is 0 Å². The van der Waals surface area contributed by atoms with Crippen molar-refractivity contribution < 1.29 is 79.4 Å². The van der Waals surface area contributed by atoms with E-state index in [4.69, 9.17) is 20.9 Å². The van der Waals surface area contributed by atoms with E-state index in [9.17, 15) is 39.0 Å². The Morgan fingerprint density at radius 2 is 1.76 bits per heavy atom. The number of hydrogen-bond donors (Lipinski definition) is 4. The molecule has 0 aromatic carbocycles. The van der Waals surface area contributed by atoms with Crippen LogP contribution in [-0.4, -0.2) is 112 Å². The van der Waals surface area contributed by atoms with E-state index in [2.05, 4.69) is 18.7 Å². The van der Waals surface area contributed by atoms with Crippen molar-refractivity contribution >= 4 is 35.0 Å². The van der Waals surface area contributed by atoms with Crippen molar-refractivity contribution in [3.8, 4) is 0 Å². The van der Waals surface area contributed by atoms with Crippen molar-refractivity contribution in [2.45, 2.75) is 96.6 Å². The Hall–Kier alpha value is -2.98. The van der Waals surface area contributed by atoms with Crippen LogP contribution in [0.2, 0.25) is 0 Å². The molecule has 0 aromatic heterocycles. The first-order valence-corrected chi connectivity index (χ1v) is 19.0. The Kier molecular flexibility index (Phi) is 11.8. The third-order valence-corrected chi connectivity index (χ3v) is 14.0. The number of likely N-dealkylation sites (N-methyl/N-ethyl adjacent to an activating group) is 1. The second kappa shape index (κ2) is 15.1. The fourth-order valence-electron chi connectivity index (χ4n) is 11.4. The van der Waals surface area contributed by atoms with E-state index >= 15 is 0 Å². The van der Waals surface area contributed by atoms with Crippen LogP contribution in [0.15, 0.2) is 46.3 Å². The van der Waals surface area contributed by atoms with Gasteiger partial charge >= 0.3 is 35.7 Å². The predicted molar refractivity (Wildman–Crippen MR) is 196 cm³/mol.